The maximum atomic E-state index is 14.3. The number of para-hydroxylation sites is 2. The number of hydrogen-bond donors (Lipinski definition) is 1. The summed E-state index contributed by atoms with van der Waals surface area (Å²) in [6, 6.07) is 9.79. The molecule has 4 saturated heterocycles. The number of piperidine rings is 2. The van der Waals surface area contributed by atoms with Gasteiger partial charge in [0.1, 0.15) is 5.92 Å². The van der Waals surface area contributed by atoms with E-state index in [1.807, 2.05) is 33.7 Å². The van der Waals surface area contributed by atoms with Crippen LogP contribution in [0.15, 0.2) is 29.1 Å². The van der Waals surface area contributed by atoms with E-state index in [-0.39, 0.29) is 18.1 Å². The molecule has 9 heteroatoms. The van der Waals surface area contributed by atoms with Gasteiger partial charge in [-0.1, -0.05) is 44.2 Å². The molecule has 9 nitrogen and oxygen atoms in total. The first-order chi connectivity index (χ1) is 19.5. The highest BCUT2D eigenvalue weighted by atomic mass is 16.7. The Morgan fingerprint density at radius 3 is 2.27 bits per heavy atom. The van der Waals surface area contributed by atoms with E-state index in [9.17, 15) is 14.7 Å². The van der Waals surface area contributed by atoms with Crippen molar-refractivity contribution in [3.05, 3.63) is 34.6 Å². The van der Waals surface area contributed by atoms with Crippen LogP contribution in [0.3, 0.4) is 0 Å². The molecule has 1 aromatic heterocycles. The number of aromatic nitrogens is 2. The van der Waals surface area contributed by atoms with Crippen molar-refractivity contribution in [2.24, 2.45) is 5.92 Å². The van der Waals surface area contributed by atoms with Gasteiger partial charge >= 0.3 is 5.97 Å². The lowest BCUT2D eigenvalue weighted by atomic mass is 9.89. The molecule has 1 N–H and O–H groups in total. The van der Waals surface area contributed by atoms with Gasteiger partial charge in [0.2, 0.25) is 0 Å². The summed E-state index contributed by atoms with van der Waals surface area (Å²) < 4.78 is 13.7. The molecule has 5 fully saturated rings. The van der Waals surface area contributed by atoms with Crippen LogP contribution in [-0.4, -0.2) is 75.7 Å². The number of fused-ring (bicyclic) bond motifs is 3. The van der Waals surface area contributed by atoms with Gasteiger partial charge in [0.25, 0.3) is 5.56 Å². The second kappa shape index (κ2) is 10.7. The van der Waals surface area contributed by atoms with Crippen molar-refractivity contribution in [1.29, 1.82) is 0 Å². The van der Waals surface area contributed by atoms with Crippen molar-refractivity contribution in [1.82, 2.24) is 14.5 Å². The predicted molar refractivity (Wildman–Crippen MR) is 152 cm³/mol. The fraction of sp³-hybridized carbons (Fsp3) is 0.710. The molecule has 1 aliphatic carbocycles. The van der Waals surface area contributed by atoms with Crippen LogP contribution in [0.5, 0.6) is 0 Å². The van der Waals surface area contributed by atoms with Crippen molar-refractivity contribution >= 4 is 22.8 Å². The number of carboxylic acids is 1. The molecule has 1 aromatic carbocycles. The first-order valence-corrected chi connectivity index (χ1v) is 15.6. The van der Waals surface area contributed by atoms with Crippen molar-refractivity contribution in [3.8, 4) is 0 Å². The molecule has 2 bridgehead atoms. The molecule has 2 aromatic rings. The zero-order valence-corrected chi connectivity index (χ0v) is 23.4. The molecular formula is C31H42N4O5. The van der Waals surface area contributed by atoms with Crippen LogP contribution in [0, 0.1) is 5.92 Å². The molecule has 0 radical (unpaired) electrons. The van der Waals surface area contributed by atoms with E-state index in [0.29, 0.717) is 50.1 Å². The summed E-state index contributed by atoms with van der Waals surface area (Å²) in [5.74, 6) is -2.60. The van der Waals surface area contributed by atoms with E-state index in [4.69, 9.17) is 14.5 Å². The van der Waals surface area contributed by atoms with Crippen molar-refractivity contribution in [2.45, 2.75) is 107 Å². The van der Waals surface area contributed by atoms with Crippen molar-refractivity contribution in [3.63, 3.8) is 0 Å². The van der Waals surface area contributed by atoms with Gasteiger partial charge in [-0.2, -0.15) is 0 Å². The third-order valence-electron chi connectivity index (χ3n) is 10.4. The quantitative estimate of drug-likeness (QED) is 0.601. The molecule has 4 aliphatic heterocycles. The smallest absolute Gasteiger partial charge is 0.313 e. The first kappa shape index (κ1) is 26.4. The number of carboxylic acid groups (broad SMARTS) is 1. The van der Waals surface area contributed by atoms with Crippen LogP contribution in [0.1, 0.15) is 83.1 Å². The van der Waals surface area contributed by atoms with E-state index in [0.717, 1.165) is 23.9 Å². The maximum absolute atomic E-state index is 14.3. The van der Waals surface area contributed by atoms with Crippen LogP contribution < -0.4 is 10.5 Å². The number of aliphatic carboxylic acids is 1. The Bertz CT molecular complexity index is 1280. The topological polar surface area (TPSA) is 97.1 Å². The zero-order valence-electron chi connectivity index (χ0n) is 23.4. The minimum Gasteiger partial charge on any atom is -0.481 e. The van der Waals surface area contributed by atoms with Gasteiger partial charge in [0.05, 0.1) is 24.2 Å². The molecular weight excluding hydrogens is 508 g/mol. The van der Waals surface area contributed by atoms with Crippen LogP contribution in [-0.2, 0) is 14.3 Å². The SMILES string of the molecule is O=C(O)C1CN(c2nc3ccccc3n(C3CC4CCC(C3)N4C3CCCCCCC3)c2=O)CCC12OCCO2. The Labute approximate surface area is 235 Å². The number of rotatable bonds is 4. The predicted octanol–water partition coefficient (Wildman–Crippen LogP) is 4.33. The zero-order chi connectivity index (χ0) is 27.3. The first-order valence-electron chi connectivity index (χ1n) is 15.6. The van der Waals surface area contributed by atoms with E-state index < -0.39 is 17.7 Å². The van der Waals surface area contributed by atoms with Gasteiger partial charge in [0, 0.05) is 43.7 Å². The summed E-state index contributed by atoms with van der Waals surface area (Å²) in [6.07, 6.45) is 14.2. The highest BCUT2D eigenvalue weighted by molar-refractivity contribution is 5.77. The average molecular weight is 551 g/mol. The average Bonchev–Trinajstić information content (AvgIpc) is 3.50. The summed E-state index contributed by atoms with van der Waals surface area (Å²) in [4.78, 5) is 36.1. The number of hydrogen-bond acceptors (Lipinski definition) is 7. The molecule has 5 aliphatic rings. The Morgan fingerprint density at radius 2 is 1.57 bits per heavy atom. The monoisotopic (exact) mass is 550 g/mol. The highest BCUT2D eigenvalue weighted by Crippen LogP contribution is 2.44. The summed E-state index contributed by atoms with van der Waals surface area (Å²) in [7, 11) is 0. The number of anilines is 1. The van der Waals surface area contributed by atoms with E-state index in [1.165, 1.54) is 57.8 Å². The number of benzene rings is 1. The minimum absolute atomic E-state index is 0.101. The number of ether oxygens (including phenoxy) is 2. The second-order valence-electron chi connectivity index (χ2n) is 12.7. The molecule has 0 amide bonds. The Hall–Kier alpha value is -2.49. The standard InChI is InChI=1S/C31H42N4O5/c36-29-28(33-15-14-31(39-16-17-40-31)25(20-33)30(37)38)32-26-10-6-7-11-27(26)35(29)24-18-22-12-13-23(19-24)34(22)21-8-4-2-1-3-5-9-21/h6-7,10-11,21-25H,1-5,8-9,12-20H2,(H,37,38). The largest absolute Gasteiger partial charge is 0.481 e. The fourth-order valence-corrected chi connectivity index (χ4v) is 8.62. The Morgan fingerprint density at radius 1 is 0.900 bits per heavy atom. The summed E-state index contributed by atoms with van der Waals surface area (Å²) in [5.41, 5.74) is 1.56. The van der Waals surface area contributed by atoms with Crippen LogP contribution >= 0.6 is 0 Å². The van der Waals surface area contributed by atoms with Crippen molar-refractivity contribution < 1.29 is 19.4 Å². The lowest BCUT2D eigenvalue weighted by Crippen LogP contribution is -2.57. The minimum atomic E-state index is -1.11. The van der Waals surface area contributed by atoms with E-state index in [1.54, 1.807) is 0 Å². The lowest BCUT2D eigenvalue weighted by molar-refractivity contribution is -0.212. The second-order valence-corrected chi connectivity index (χ2v) is 12.7. The van der Waals surface area contributed by atoms with Crippen LogP contribution in [0.2, 0.25) is 0 Å². The Kier molecular flexibility index (Phi) is 7.08. The third-order valence-corrected chi connectivity index (χ3v) is 10.4. The molecule has 5 heterocycles. The number of carbonyl (C=O) groups is 1. The van der Waals surface area contributed by atoms with Gasteiger partial charge in [-0.15, -0.1) is 0 Å². The van der Waals surface area contributed by atoms with Crippen LogP contribution in [0.25, 0.3) is 11.0 Å². The van der Waals surface area contributed by atoms with Crippen molar-refractivity contribution in [2.75, 3.05) is 31.2 Å². The van der Waals surface area contributed by atoms with Gasteiger partial charge in [-0.25, -0.2) is 4.98 Å². The normalized spacial score (nSPS) is 31.4. The van der Waals surface area contributed by atoms with Gasteiger partial charge in [-0.3, -0.25) is 14.5 Å². The summed E-state index contributed by atoms with van der Waals surface area (Å²) in [5, 5.41) is 10.1. The van der Waals surface area contributed by atoms with E-state index in [2.05, 4.69) is 4.90 Å². The highest BCUT2D eigenvalue weighted by Gasteiger charge is 2.52. The van der Waals surface area contributed by atoms with Crippen LogP contribution in [0.4, 0.5) is 5.82 Å². The molecule has 3 unspecified atom stereocenters. The van der Waals surface area contributed by atoms with Gasteiger partial charge in [-0.05, 0) is 50.7 Å². The lowest BCUT2D eigenvalue weighted by Gasteiger charge is -2.45. The molecule has 1 spiro atoms. The molecule has 40 heavy (non-hydrogen) atoms. The maximum Gasteiger partial charge on any atom is 0.313 e. The summed E-state index contributed by atoms with van der Waals surface area (Å²) >= 11 is 0. The molecule has 1 saturated carbocycles. The molecule has 216 valence electrons. The third kappa shape index (κ3) is 4.54. The van der Waals surface area contributed by atoms with Gasteiger partial charge in [0.15, 0.2) is 11.6 Å². The Balaban J connectivity index is 1.20. The van der Waals surface area contributed by atoms with Gasteiger partial charge < -0.3 is 24.0 Å². The summed E-state index contributed by atoms with van der Waals surface area (Å²) in [6.45, 7) is 1.40. The fourth-order valence-electron chi connectivity index (χ4n) is 8.62. The molecule has 7 rings (SSSR count). The molecule has 3 atom stereocenters. The van der Waals surface area contributed by atoms with E-state index >= 15 is 0 Å². The number of nitrogens with zero attached hydrogens (tertiary/aromatic N) is 4.